The third-order valence-electron chi connectivity index (χ3n) is 4.31. The molecule has 0 N–H and O–H groups in total. The molecule has 0 spiro atoms. The van der Waals surface area contributed by atoms with Gasteiger partial charge in [0.15, 0.2) is 5.79 Å². The summed E-state index contributed by atoms with van der Waals surface area (Å²) in [5.74, 6) is -0.101. The highest BCUT2D eigenvalue weighted by molar-refractivity contribution is 5.53. The van der Waals surface area contributed by atoms with E-state index in [2.05, 4.69) is 13.8 Å². The first-order valence-corrected chi connectivity index (χ1v) is 6.68. The molecule has 3 heteroatoms. The van der Waals surface area contributed by atoms with E-state index in [-0.39, 0.29) is 5.92 Å². The Morgan fingerprint density at radius 3 is 2.35 bits per heavy atom. The number of hydrogen-bond donors (Lipinski definition) is 0. The Morgan fingerprint density at radius 1 is 1.18 bits per heavy atom. The van der Waals surface area contributed by atoms with Gasteiger partial charge in [0.05, 0.1) is 19.1 Å². The lowest BCUT2D eigenvalue weighted by molar-refractivity contribution is -0.300. The maximum atomic E-state index is 10.7. The monoisotopic (exact) mass is 240 g/mol. The summed E-state index contributed by atoms with van der Waals surface area (Å²) in [5, 5.41) is 0. The van der Waals surface area contributed by atoms with E-state index in [4.69, 9.17) is 9.47 Å². The van der Waals surface area contributed by atoms with Gasteiger partial charge in [0.25, 0.3) is 0 Å². The quantitative estimate of drug-likeness (QED) is 0.696. The number of carbonyl (C=O) groups excluding carboxylic acids is 1. The van der Waals surface area contributed by atoms with Crippen LogP contribution in [0, 0.1) is 17.3 Å². The van der Waals surface area contributed by atoms with Crippen LogP contribution in [0.15, 0.2) is 0 Å². The molecule has 17 heavy (non-hydrogen) atoms. The molecule has 1 aliphatic heterocycles. The number of carbonyl (C=O) groups is 1. The van der Waals surface area contributed by atoms with E-state index in [1.165, 1.54) is 19.3 Å². The Labute approximate surface area is 104 Å². The van der Waals surface area contributed by atoms with Crippen LogP contribution in [0.4, 0.5) is 0 Å². The highest BCUT2D eigenvalue weighted by atomic mass is 16.7. The van der Waals surface area contributed by atoms with Crippen LogP contribution in [0.25, 0.3) is 0 Å². The second kappa shape index (κ2) is 4.69. The number of hydrogen-bond acceptors (Lipinski definition) is 3. The number of rotatable bonds is 2. The molecule has 0 radical (unpaired) electrons. The molecule has 1 atom stereocenters. The lowest BCUT2D eigenvalue weighted by atomic mass is 9.69. The van der Waals surface area contributed by atoms with Crippen molar-refractivity contribution in [2.45, 2.75) is 52.2 Å². The van der Waals surface area contributed by atoms with Crippen molar-refractivity contribution in [1.29, 1.82) is 0 Å². The van der Waals surface area contributed by atoms with Crippen molar-refractivity contribution in [2.24, 2.45) is 17.3 Å². The van der Waals surface area contributed by atoms with Crippen molar-refractivity contribution in [3.63, 3.8) is 0 Å². The van der Waals surface area contributed by atoms with E-state index in [1.54, 1.807) is 0 Å². The van der Waals surface area contributed by atoms with Crippen LogP contribution in [0.1, 0.15) is 46.5 Å². The average molecular weight is 240 g/mol. The maximum absolute atomic E-state index is 10.7. The summed E-state index contributed by atoms with van der Waals surface area (Å²) < 4.78 is 11.7. The van der Waals surface area contributed by atoms with Crippen LogP contribution < -0.4 is 0 Å². The molecule has 0 aromatic carbocycles. The van der Waals surface area contributed by atoms with Crippen molar-refractivity contribution in [3.8, 4) is 0 Å². The molecule has 0 amide bonds. The van der Waals surface area contributed by atoms with Gasteiger partial charge in [-0.1, -0.05) is 20.3 Å². The molecule has 0 bridgehead atoms. The third kappa shape index (κ3) is 2.89. The van der Waals surface area contributed by atoms with Gasteiger partial charge in [-0.15, -0.1) is 0 Å². The van der Waals surface area contributed by atoms with E-state index in [1.807, 2.05) is 6.92 Å². The standard InChI is InChI=1S/C14H24O3/c1-13(2)6-4-5-12(7-13)14(3)16-9-11(8-15)10-17-14/h8,11-12H,4-7,9-10H2,1-3H3. The van der Waals surface area contributed by atoms with Crippen molar-refractivity contribution in [1.82, 2.24) is 0 Å². The molecule has 2 fully saturated rings. The minimum Gasteiger partial charge on any atom is -0.349 e. The van der Waals surface area contributed by atoms with Gasteiger partial charge >= 0.3 is 0 Å². The Morgan fingerprint density at radius 2 is 1.82 bits per heavy atom. The van der Waals surface area contributed by atoms with Crippen molar-refractivity contribution in [2.75, 3.05) is 13.2 Å². The fourth-order valence-electron chi connectivity index (χ4n) is 3.09. The zero-order valence-electron chi connectivity index (χ0n) is 11.2. The Kier molecular flexibility index (Phi) is 3.60. The maximum Gasteiger partial charge on any atom is 0.168 e. The summed E-state index contributed by atoms with van der Waals surface area (Å²) >= 11 is 0. The van der Waals surface area contributed by atoms with Crippen molar-refractivity contribution in [3.05, 3.63) is 0 Å². The third-order valence-corrected chi connectivity index (χ3v) is 4.31. The van der Waals surface area contributed by atoms with E-state index >= 15 is 0 Å². The summed E-state index contributed by atoms with van der Waals surface area (Å²) in [6.07, 6.45) is 5.79. The van der Waals surface area contributed by atoms with Gasteiger partial charge in [-0.25, -0.2) is 0 Å². The first-order chi connectivity index (χ1) is 7.95. The van der Waals surface area contributed by atoms with Crippen LogP contribution in [-0.2, 0) is 14.3 Å². The second-order valence-corrected chi connectivity index (χ2v) is 6.49. The number of aldehydes is 1. The van der Waals surface area contributed by atoms with Gasteiger partial charge < -0.3 is 14.3 Å². The topological polar surface area (TPSA) is 35.5 Å². The molecule has 1 aliphatic carbocycles. The first kappa shape index (κ1) is 13.0. The van der Waals surface area contributed by atoms with Gasteiger partial charge in [-0.3, -0.25) is 0 Å². The van der Waals surface area contributed by atoms with Gasteiger partial charge in [0.1, 0.15) is 6.29 Å². The Bertz CT molecular complexity index is 277. The highest BCUT2D eigenvalue weighted by Gasteiger charge is 2.44. The molecule has 1 saturated carbocycles. The minimum absolute atomic E-state index is 0.0836. The number of ether oxygens (including phenoxy) is 2. The summed E-state index contributed by atoms with van der Waals surface area (Å²) in [6, 6.07) is 0. The van der Waals surface area contributed by atoms with Crippen LogP contribution in [0.5, 0.6) is 0 Å². The summed E-state index contributed by atoms with van der Waals surface area (Å²) in [5.41, 5.74) is 0.389. The SMILES string of the molecule is CC1(C)CCCC(C2(C)OCC(C=O)CO2)C1. The van der Waals surface area contributed by atoms with Crippen LogP contribution in [-0.4, -0.2) is 25.3 Å². The van der Waals surface area contributed by atoms with E-state index in [0.29, 0.717) is 24.5 Å². The van der Waals surface area contributed by atoms with Crippen molar-refractivity contribution >= 4 is 6.29 Å². The average Bonchev–Trinajstić information content (AvgIpc) is 2.29. The fourth-order valence-corrected chi connectivity index (χ4v) is 3.09. The molecule has 1 unspecified atom stereocenters. The van der Waals surface area contributed by atoms with Gasteiger partial charge in [-0.2, -0.15) is 0 Å². The van der Waals surface area contributed by atoms with Gasteiger partial charge in [0.2, 0.25) is 0 Å². The normalized spacial score (nSPS) is 42.1. The molecule has 2 aliphatic rings. The van der Waals surface area contributed by atoms with Crippen LogP contribution in [0.3, 0.4) is 0 Å². The largest absolute Gasteiger partial charge is 0.349 e. The predicted octanol–water partition coefficient (Wildman–Crippen LogP) is 2.78. The molecule has 2 rings (SSSR count). The smallest absolute Gasteiger partial charge is 0.168 e. The summed E-state index contributed by atoms with van der Waals surface area (Å²) in [4.78, 5) is 10.7. The van der Waals surface area contributed by atoms with E-state index in [9.17, 15) is 4.79 Å². The van der Waals surface area contributed by atoms with Gasteiger partial charge in [0, 0.05) is 5.92 Å². The Balaban J connectivity index is 1.99. The molecule has 98 valence electrons. The molecule has 3 nitrogen and oxygen atoms in total. The molecule has 0 aromatic rings. The highest BCUT2D eigenvalue weighted by Crippen LogP contribution is 2.45. The van der Waals surface area contributed by atoms with Crippen LogP contribution >= 0.6 is 0 Å². The summed E-state index contributed by atoms with van der Waals surface area (Å²) in [7, 11) is 0. The zero-order valence-corrected chi connectivity index (χ0v) is 11.2. The minimum atomic E-state index is -0.475. The first-order valence-electron chi connectivity index (χ1n) is 6.68. The van der Waals surface area contributed by atoms with Crippen molar-refractivity contribution < 1.29 is 14.3 Å². The zero-order chi connectivity index (χ0) is 12.5. The van der Waals surface area contributed by atoms with E-state index < -0.39 is 5.79 Å². The summed E-state index contributed by atoms with van der Waals surface area (Å²) in [6.45, 7) is 7.70. The van der Waals surface area contributed by atoms with E-state index in [0.717, 1.165) is 12.7 Å². The van der Waals surface area contributed by atoms with Crippen LogP contribution in [0.2, 0.25) is 0 Å². The molecule has 0 aromatic heterocycles. The molecular formula is C14H24O3. The molecule has 1 saturated heterocycles. The molecule has 1 heterocycles. The predicted molar refractivity (Wildman–Crippen MR) is 65.6 cm³/mol. The lowest BCUT2D eigenvalue weighted by Gasteiger charge is -2.46. The Hall–Kier alpha value is -0.410. The molecular weight excluding hydrogens is 216 g/mol. The van der Waals surface area contributed by atoms with Gasteiger partial charge in [-0.05, 0) is 31.6 Å². The lowest BCUT2D eigenvalue weighted by Crippen LogP contribution is -2.49. The second-order valence-electron chi connectivity index (χ2n) is 6.49. The fraction of sp³-hybridized carbons (Fsp3) is 0.929.